The fraction of sp³-hybridized carbons (Fsp3) is 0. The number of hydrogen-bond donors (Lipinski definition) is 0. The predicted molar refractivity (Wildman–Crippen MR) is 217 cm³/mol. The minimum Gasteiger partial charge on any atom is -0.235 e. The maximum atomic E-state index is 4.75. The highest BCUT2D eigenvalue weighted by molar-refractivity contribution is 6.45. The third-order valence-electron chi connectivity index (χ3n) is 10.6. The molecule has 0 radical (unpaired) electrons. The van der Waals surface area contributed by atoms with Gasteiger partial charge in [0.1, 0.15) is 12.7 Å². The van der Waals surface area contributed by atoms with Crippen LogP contribution >= 0.6 is 0 Å². The average molecular weight is 773 g/mol. The molecule has 0 unspecified atom stereocenters. The van der Waals surface area contributed by atoms with Crippen LogP contribution in [-0.2, 0) is 0 Å². The van der Waals surface area contributed by atoms with Crippen molar-refractivity contribution < 1.29 is 0 Å². The fourth-order valence-corrected chi connectivity index (χ4v) is 7.75. The molecule has 0 aromatic heterocycles. The lowest BCUT2D eigenvalue weighted by molar-refractivity contribution is 1.37. The lowest BCUT2D eigenvalue weighted by atomic mass is 10.2. The number of benzene rings is 5. The molecule has 60 heavy (non-hydrogen) atoms. The molecule has 5 aromatic carbocycles. The molecule has 0 aliphatic carbocycles. The van der Waals surface area contributed by atoms with E-state index >= 15 is 0 Å². The summed E-state index contributed by atoms with van der Waals surface area (Å²) >= 11 is 0. The highest BCUT2D eigenvalue weighted by Crippen LogP contribution is 2.24. The van der Waals surface area contributed by atoms with Crippen LogP contribution in [0, 0.1) is 0 Å². The van der Waals surface area contributed by atoms with Crippen molar-refractivity contribution in [1.29, 1.82) is 0 Å². The van der Waals surface area contributed by atoms with E-state index in [1.165, 1.54) is 12.7 Å². The number of fused-ring (bicyclic) bond motifs is 10. The average Bonchev–Trinajstić information content (AvgIpc) is 4.07. The van der Waals surface area contributed by atoms with Crippen LogP contribution < -0.4 is 53.6 Å². The van der Waals surface area contributed by atoms with Crippen molar-refractivity contribution in [2.75, 3.05) is 0 Å². The Morgan fingerprint density at radius 2 is 0.367 bits per heavy atom. The number of amidine groups is 8. The van der Waals surface area contributed by atoms with E-state index in [-0.39, 0.29) is 0 Å². The van der Waals surface area contributed by atoms with Crippen molar-refractivity contribution in [2.24, 2.45) is 99.8 Å². The van der Waals surface area contributed by atoms with Crippen molar-refractivity contribution >= 4 is 116 Å². The molecule has 20 nitrogen and oxygen atoms in total. The van der Waals surface area contributed by atoms with Crippen molar-refractivity contribution in [3.05, 3.63) is 114 Å². The molecule has 15 rings (SSSR count). The zero-order valence-corrected chi connectivity index (χ0v) is 29.9. The summed E-state index contributed by atoms with van der Waals surface area (Å²) < 4.78 is 0. The van der Waals surface area contributed by atoms with Gasteiger partial charge in [-0.25, -0.2) is 99.8 Å². The summed E-state index contributed by atoms with van der Waals surface area (Å²) in [7, 11) is 0. The number of nitrogens with zero attached hydrogens (tertiary/aromatic N) is 20. The molecule has 10 aliphatic heterocycles. The largest absolute Gasteiger partial charge is 0.235 e. The number of hydrogen-bond acceptors (Lipinski definition) is 20. The fourth-order valence-electron chi connectivity index (χ4n) is 7.75. The zero-order chi connectivity index (χ0) is 38.8. The van der Waals surface area contributed by atoms with Gasteiger partial charge in [0.25, 0.3) is 0 Å². The standard InChI is InChI=1S/C40H12N20/c1-13-14(42-11-41-13)2-18-17(1)45-33(46-18)35-49-21-5-25-26(6-22(21)50-35)54-37(53-25)39-57-29-9-31-32(10-30(29)58-39)60-40(59-31)38-55-27-7-23-24(8-28(27)56-38)52-36(51-23)34-47-19-3-15-16(44-12-43-15)4-20(19)48-34/h1-12H. The van der Waals surface area contributed by atoms with Crippen molar-refractivity contribution in [3.63, 3.8) is 0 Å². The second-order valence-corrected chi connectivity index (χ2v) is 14.3. The molecule has 10 aliphatic rings. The Morgan fingerprint density at radius 1 is 0.183 bits per heavy atom. The zero-order valence-electron chi connectivity index (χ0n) is 29.9. The Kier molecular flexibility index (Phi) is 5.20. The summed E-state index contributed by atoms with van der Waals surface area (Å²) in [5.41, 5.74) is 6.79. The van der Waals surface area contributed by atoms with Crippen LogP contribution in [0.3, 0.4) is 0 Å². The van der Waals surface area contributed by atoms with Gasteiger partial charge in [0.2, 0.25) is 0 Å². The van der Waals surface area contributed by atoms with E-state index in [1.54, 1.807) is 0 Å². The normalized spacial score (nSPS) is 18.0. The summed E-state index contributed by atoms with van der Waals surface area (Å²) in [5.74, 6) is 3.24. The Morgan fingerprint density at radius 3 is 0.583 bits per heavy atom. The van der Waals surface area contributed by atoms with Gasteiger partial charge in [-0.1, -0.05) is 0 Å². The topological polar surface area (TPSA) is 247 Å². The molecule has 20 heteroatoms. The Balaban J connectivity index is 0.675. The quantitative estimate of drug-likeness (QED) is 0.241. The van der Waals surface area contributed by atoms with Gasteiger partial charge in [-0.05, 0) is 60.7 Å². The van der Waals surface area contributed by atoms with Crippen molar-refractivity contribution in [1.82, 2.24) is 0 Å². The molecule has 0 bridgehead atoms. The lowest BCUT2D eigenvalue weighted by Gasteiger charge is -1.91. The molecular weight excluding hydrogens is 761 g/mol. The highest BCUT2D eigenvalue weighted by Gasteiger charge is 2.26. The molecule has 0 fully saturated rings. The smallest absolute Gasteiger partial charge is 0.199 e. The second kappa shape index (κ2) is 10.4. The van der Waals surface area contributed by atoms with Crippen LogP contribution in [0.4, 0.5) is 56.9 Å². The SMILES string of the molecule is C1=Nc2cc3c(cc2=N1)N=C(C1=Nc2cc4c(cc2=N1)N=C(C1=Nc2cc5c(cc2=N1)N=C(C1=Nc2cc6c(cc2=N1)N=C(C1=Nc2cc7c(cc2=N1)N=CN=7)N=6)N=5)N=4)N=3. The second-order valence-electron chi connectivity index (χ2n) is 14.3. The van der Waals surface area contributed by atoms with Gasteiger partial charge < -0.3 is 0 Å². The van der Waals surface area contributed by atoms with Gasteiger partial charge in [0.05, 0.1) is 110 Å². The van der Waals surface area contributed by atoms with Crippen molar-refractivity contribution in [3.8, 4) is 0 Å². The van der Waals surface area contributed by atoms with Crippen LogP contribution in [-0.4, -0.2) is 59.4 Å². The van der Waals surface area contributed by atoms with Crippen molar-refractivity contribution in [2.45, 2.75) is 0 Å². The molecule has 0 spiro atoms. The summed E-state index contributed by atoms with van der Waals surface area (Å²) in [4.78, 5) is 92.3. The van der Waals surface area contributed by atoms with E-state index in [0.29, 0.717) is 135 Å². The lowest BCUT2D eigenvalue weighted by Crippen LogP contribution is -2.11. The predicted octanol–water partition coefficient (Wildman–Crippen LogP) is 0.379. The molecule has 10 heterocycles. The molecule has 5 aromatic rings. The molecule has 0 saturated heterocycles. The minimum atomic E-state index is 0.386. The van der Waals surface area contributed by atoms with Gasteiger partial charge in [-0.3, -0.25) is 0 Å². The Bertz CT molecular complexity index is 3940. The number of aliphatic imine (C=N–C) groups is 10. The summed E-state index contributed by atoms with van der Waals surface area (Å²) in [6.07, 6.45) is 3.04. The van der Waals surface area contributed by atoms with E-state index < -0.39 is 0 Å². The highest BCUT2D eigenvalue weighted by atomic mass is 15.1. The molecular formula is C40H12N20. The summed E-state index contributed by atoms with van der Waals surface area (Å²) in [5, 5.41) is 6.79. The van der Waals surface area contributed by atoms with Gasteiger partial charge in [-0.15, -0.1) is 0 Å². The summed E-state index contributed by atoms with van der Waals surface area (Å²) in [6, 6.07) is 18.5. The third-order valence-corrected chi connectivity index (χ3v) is 10.6. The number of rotatable bonds is 4. The van der Waals surface area contributed by atoms with E-state index in [2.05, 4.69) is 39.9 Å². The Hall–Kier alpha value is -9.20. The van der Waals surface area contributed by atoms with Gasteiger partial charge >= 0.3 is 0 Å². The third kappa shape index (κ3) is 4.21. The van der Waals surface area contributed by atoms with E-state index in [0.717, 1.165) is 22.1 Å². The maximum absolute atomic E-state index is 4.75. The van der Waals surface area contributed by atoms with E-state index in [9.17, 15) is 0 Å². The molecule has 0 N–H and O–H groups in total. The maximum Gasteiger partial charge on any atom is 0.199 e. The van der Waals surface area contributed by atoms with Crippen LogP contribution in [0.2, 0.25) is 0 Å². The molecule has 272 valence electrons. The first kappa shape index (κ1) is 30.0. The van der Waals surface area contributed by atoms with Gasteiger partial charge in [0, 0.05) is 0 Å². The summed E-state index contributed by atoms with van der Waals surface area (Å²) in [6.45, 7) is 0. The monoisotopic (exact) mass is 772 g/mol. The van der Waals surface area contributed by atoms with Gasteiger partial charge in [-0.2, -0.15) is 0 Å². The molecule has 0 saturated carbocycles. The first-order valence-corrected chi connectivity index (χ1v) is 18.4. The van der Waals surface area contributed by atoms with Crippen LogP contribution in [0.15, 0.2) is 161 Å². The molecule has 0 amide bonds. The van der Waals surface area contributed by atoms with Gasteiger partial charge in [0.15, 0.2) is 46.7 Å². The van der Waals surface area contributed by atoms with E-state index in [4.69, 9.17) is 59.9 Å². The minimum absolute atomic E-state index is 0.386. The first-order chi connectivity index (χ1) is 29.5. The van der Waals surface area contributed by atoms with Crippen LogP contribution in [0.1, 0.15) is 0 Å². The van der Waals surface area contributed by atoms with Crippen LogP contribution in [0.5, 0.6) is 0 Å². The molecule has 0 atom stereocenters. The van der Waals surface area contributed by atoms with Crippen LogP contribution in [0.25, 0.3) is 0 Å². The van der Waals surface area contributed by atoms with E-state index in [1.807, 2.05) is 60.7 Å². The first-order valence-electron chi connectivity index (χ1n) is 18.4. The Labute approximate surface area is 329 Å².